The van der Waals surface area contributed by atoms with Crippen LogP contribution in [0.1, 0.15) is 40.0 Å². The van der Waals surface area contributed by atoms with Crippen molar-refractivity contribution in [3.8, 4) is 0 Å². The Morgan fingerprint density at radius 3 is 2.74 bits per heavy atom. The van der Waals surface area contributed by atoms with Crippen LogP contribution in [0, 0.1) is 0 Å². The van der Waals surface area contributed by atoms with Gasteiger partial charge in [-0.25, -0.2) is 0 Å². The van der Waals surface area contributed by atoms with E-state index in [0.29, 0.717) is 24.6 Å². The van der Waals surface area contributed by atoms with Gasteiger partial charge in [-0.15, -0.1) is 11.8 Å². The lowest BCUT2D eigenvalue weighted by Gasteiger charge is -2.25. The molecule has 5 nitrogen and oxygen atoms in total. The number of carbonyl (C=O) groups is 2. The number of nitrogens with one attached hydrogen (secondary N) is 1. The first-order valence-corrected chi connectivity index (χ1v) is 7.94. The van der Waals surface area contributed by atoms with Crippen LogP contribution < -0.4 is 11.1 Å². The lowest BCUT2D eigenvalue weighted by Crippen LogP contribution is -2.52. The van der Waals surface area contributed by atoms with E-state index in [0.717, 1.165) is 12.8 Å². The summed E-state index contributed by atoms with van der Waals surface area (Å²) in [5.41, 5.74) is 5.41. The zero-order valence-corrected chi connectivity index (χ0v) is 12.9. The number of hydrogen-bond acceptors (Lipinski definition) is 4. The molecule has 0 radical (unpaired) electrons. The standard InChI is InChI=1S/C13H25N3O2S/c1-4-5-6-11(17)16-9-19-7-10(16)12(18)15-8-13(2,3)14/h10H,4-9,14H2,1-3H3,(H,15,18). The Kier molecular flexibility index (Phi) is 6.13. The highest BCUT2D eigenvalue weighted by atomic mass is 32.2. The van der Waals surface area contributed by atoms with E-state index in [1.54, 1.807) is 16.7 Å². The maximum absolute atomic E-state index is 12.1. The summed E-state index contributed by atoms with van der Waals surface area (Å²) >= 11 is 1.63. The molecule has 2 amide bonds. The highest BCUT2D eigenvalue weighted by Crippen LogP contribution is 2.22. The van der Waals surface area contributed by atoms with E-state index in [-0.39, 0.29) is 17.9 Å². The Bertz CT molecular complexity index is 328. The summed E-state index contributed by atoms with van der Waals surface area (Å²) in [7, 11) is 0. The Balaban J connectivity index is 2.51. The number of nitrogens with two attached hydrogens (primary N) is 1. The van der Waals surface area contributed by atoms with Crippen LogP contribution in [0.15, 0.2) is 0 Å². The molecule has 1 saturated heterocycles. The number of nitrogens with zero attached hydrogens (tertiary/aromatic N) is 1. The molecule has 1 heterocycles. The molecule has 0 aliphatic carbocycles. The van der Waals surface area contributed by atoms with Gasteiger partial charge < -0.3 is 16.0 Å². The first kappa shape index (κ1) is 16.3. The second-order valence-electron chi connectivity index (χ2n) is 5.69. The quantitative estimate of drug-likeness (QED) is 0.762. The van der Waals surface area contributed by atoms with Crippen LogP contribution in [-0.2, 0) is 9.59 Å². The second-order valence-corrected chi connectivity index (χ2v) is 6.69. The number of carbonyl (C=O) groups excluding carboxylic acids is 2. The summed E-state index contributed by atoms with van der Waals surface area (Å²) in [6.45, 7) is 6.20. The van der Waals surface area contributed by atoms with E-state index in [1.165, 1.54) is 0 Å². The summed E-state index contributed by atoms with van der Waals surface area (Å²) in [6, 6.07) is -0.336. The van der Waals surface area contributed by atoms with Crippen molar-refractivity contribution in [1.29, 1.82) is 0 Å². The monoisotopic (exact) mass is 287 g/mol. The van der Waals surface area contributed by atoms with E-state index in [9.17, 15) is 9.59 Å². The summed E-state index contributed by atoms with van der Waals surface area (Å²) in [5.74, 6) is 1.29. The van der Waals surface area contributed by atoms with Gasteiger partial charge in [-0.3, -0.25) is 9.59 Å². The average molecular weight is 287 g/mol. The fraction of sp³-hybridized carbons (Fsp3) is 0.846. The van der Waals surface area contributed by atoms with Crippen molar-refractivity contribution in [3.63, 3.8) is 0 Å². The van der Waals surface area contributed by atoms with Gasteiger partial charge >= 0.3 is 0 Å². The highest BCUT2D eigenvalue weighted by Gasteiger charge is 2.34. The van der Waals surface area contributed by atoms with Crippen LogP contribution in [0.3, 0.4) is 0 Å². The molecule has 0 aromatic rings. The normalized spacial score (nSPS) is 19.6. The summed E-state index contributed by atoms with van der Waals surface area (Å²) in [6.07, 6.45) is 2.40. The molecule has 6 heteroatoms. The van der Waals surface area contributed by atoms with Crippen molar-refractivity contribution in [2.45, 2.75) is 51.6 Å². The molecule has 1 fully saturated rings. The topological polar surface area (TPSA) is 75.4 Å². The van der Waals surface area contributed by atoms with Gasteiger partial charge in [0.15, 0.2) is 0 Å². The average Bonchev–Trinajstić information content (AvgIpc) is 2.81. The molecule has 0 spiro atoms. The van der Waals surface area contributed by atoms with Gasteiger partial charge in [0.05, 0.1) is 5.88 Å². The molecule has 0 aromatic carbocycles. The molecule has 0 aromatic heterocycles. The zero-order chi connectivity index (χ0) is 14.5. The van der Waals surface area contributed by atoms with Crippen molar-refractivity contribution in [1.82, 2.24) is 10.2 Å². The Morgan fingerprint density at radius 1 is 1.47 bits per heavy atom. The fourth-order valence-corrected chi connectivity index (χ4v) is 2.99. The van der Waals surface area contributed by atoms with E-state index >= 15 is 0 Å². The van der Waals surface area contributed by atoms with Gasteiger partial charge in [0.2, 0.25) is 11.8 Å². The van der Waals surface area contributed by atoms with E-state index in [1.807, 2.05) is 13.8 Å². The summed E-state index contributed by atoms with van der Waals surface area (Å²) < 4.78 is 0. The fourth-order valence-electron chi connectivity index (χ4n) is 1.81. The van der Waals surface area contributed by atoms with Crippen LogP contribution >= 0.6 is 11.8 Å². The van der Waals surface area contributed by atoms with Gasteiger partial charge in [0, 0.05) is 24.3 Å². The van der Waals surface area contributed by atoms with Crippen molar-refractivity contribution >= 4 is 23.6 Å². The summed E-state index contributed by atoms with van der Waals surface area (Å²) in [4.78, 5) is 25.8. The minimum atomic E-state index is -0.432. The molecule has 1 unspecified atom stereocenters. The minimum absolute atomic E-state index is 0.0824. The van der Waals surface area contributed by atoms with E-state index in [2.05, 4.69) is 12.2 Å². The number of amides is 2. The predicted octanol–water partition coefficient (Wildman–Crippen LogP) is 0.932. The SMILES string of the molecule is CCCCC(=O)N1CSCC1C(=O)NCC(C)(C)N. The van der Waals surface area contributed by atoms with Gasteiger partial charge in [-0.2, -0.15) is 0 Å². The number of unbranched alkanes of at least 4 members (excludes halogenated alkanes) is 1. The molecule has 19 heavy (non-hydrogen) atoms. The first-order chi connectivity index (χ1) is 8.85. The van der Waals surface area contributed by atoms with Crippen molar-refractivity contribution in [2.24, 2.45) is 5.73 Å². The molecule has 1 aliphatic heterocycles. The van der Waals surface area contributed by atoms with Crippen LogP contribution in [-0.4, -0.2) is 46.5 Å². The van der Waals surface area contributed by atoms with Gasteiger partial charge in [0.1, 0.15) is 6.04 Å². The number of hydrogen-bond donors (Lipinski definition) is 2. The Hall–Kier alpha value is -0.750. The Labute approximate surface area is 119 Å². The van der Waals surface area contributed by atoms with Crippen molar-refractivity contribution < 1.29 is 9.59 Å². The third-order valence-electron chi connectivity index (χ3n) is 2.97. The van der Waals surface area contributed by atoms with Crippen LogP contribution in [0.4, 0.5) is 0 Å². The minimum Gasteiger partial charge on any atom is -0.352 e. The van der Waals surface area contributed by atoms with Crippen molar-refractivity contribution in [2.75, 3.05) is 18.2 Å². The van der Waals surface area contributed by atoms with E-state index in [4.69, 9.17) is 5.73 Å². The molecule has 0 saturated carbocycles. The molecular weight excluding hydrogens is 262 g/mol. The maximum atomic E-state index is 12.1. The highest BCUT2D eigenvalue weighted by molar-refractivity contribution is 7.99. The molecule has 1 aliphatic rings. The van der Waals surface area contributed by atoms with Crippen LogP contribution in [0.2, 0.25) is 0 Å². The lowest BCUT2D eigenvalue weighted by molar-refractivity contribution is -0.138. The number of rotatable bonds is 6. The van der Waals surface area contributed by atoms with E-state index < -0.39 is 5.54 Å². The molecule has 3 N–H and O–H groups in total. The summed E-state index contributed by atoms with van der Waals surface area (Å²) in [5, 5.41) is 2.83. The van der Waals surface area contributed by atoms with Gasteiger partial charge in [-0.1, -0.05) is 13.3 Å². The molecule has 110 valence electrons. The molecule has 1 atom stereocenters. The van der Waals surface area contributed by atoms with Crippen molar-refractivity contribution in [3.05, 3.63) is 0 Å². The smallest absolute Gasteiger partial charge is 0.243 e. The number of thioether (sulfide) groups is 1. The third kappa shape index (κ3) is 5.40. The van der Waals surface area contributed by atoms with Gasteiger partial charge in [0.25, 0.3) is 0 Å². The zero-order valence-electron chi connectivity index (χ0n) is 12.1. The van der Waals surface area contributed by atoms with Crippen LogP contribution in [0.5, 0.6) is 0 Å². The lowest BCUT2D eigenvalue weighted by atomic mass is 10.1. The van der Waals surface area contributed by atoms with Gasteiger partial charge in [-0.05, 0) is 20.3 Å². The predicted molar refractivity (Wildman–Crippen MR) is 78.8 cm³/mol. The molecular formula is C13H25N3O2S. The van der Waals surface area contributed by atoms with Crippen LogP contribution in [0.25, 0.3) is 0 Å². The second kappa shape index (κ2) is 7.14. The largest absolute Gasteiger partial charge is 0.352 e. The maximum Gasteiger partial charge on any atom is 0.243 e. The molecule has 1 rings (SSSR count). The molecule has 0 bridgehead atoms. The first-order valence-electron chi connectivity index (χ1n) is 6.79. The third-order valence-corrected chi connectivity index (χ3v) is 3.98. The Morgan fingerprint density at radius 2 is 2.16 bits per heavy atom.